The van der Waals surface area contributed by atoms with Crippen molar-refractivity contribution in [3.63, 3.8) is 0 Å². The minimum Gasteiger partial charge on any atom is -0.454 e. The van der Waals surface area contributed by atoms with Gasteiger partial charge in [-0.05, 0) is 84.9 Å². The lowest BCUT2D eigenvalue weighted by atomic mass is 10.1. The number of anilines is 5. The van der Waals surface area contributed by atoms with Crippen molar-refractivity contribution < 1.29 is 4.42 Å². The van der Waals surface area contributed by atoms with E-state index in [0.717, 1.165) is 83.9 Å². The Hall–Kier alpha value is -7.97. The maximum Gasteiger partial charge on any atom is 0.220 e. The van der Waals surface area contributed by atoms with Gasteiger partial charge in [0.2, 0.25) is 5.78 Å². The number of furan rings is 1. The van der Waals surface area contributed by atoms with Gasteiger partial charge in [0.05, 0.1) is 72.6 Å². The molecule has 12 aromatic rings. The zero-order valence-electron chi connectivity index (χ0n) is 32.9. The topological polar surface area (TPSA) is 58.8 Å². The molecular formula is C52H37N7O. The number of fused-ring (bicyclic) bond motifs is 16. The lowest BCUT2D eigenvalue weighted by molar-refractivity contribution is 0.665. The normalized spacial score (nSPS) is 14.4. The fourth-order valence-corrected chi connectivity index (χ4v) is 10.0. The molecule has 0 bridgehead atoms. The van der Waals surface area contributed by atoms with Gasteiger partial charge >= 0.3 is 0 Å². The zero-order chi connectivity index (χ0) is 39.6. The molecule has 1 unspecified atom stereocenters. The number of rotatable bonds is 3. The Bertz CT molecular complexity index is 3660. The summed E-state index contributed by atoms with van der Waals surface area (Å²) in [5.74, 6) is 0.852. The van der Waals surface area contributed by atoms with Gasteiger partial charge in [0, 0.05) is 21.8 Å². The number of imidazole rings is 2. The number of hydrogen-bond donors (Lipinski definition) is 1. The summed E-state index contributed by atoms with van der Waals surface area (Å²) >= 11 is 0. The van der Waals surface area contributed by atoms with Crippen LogP contribution in [0.5, 0.6) is 0 Å². The largest absolute Gasteiger partial charge is 0.454 e. The van der Waals surface area contributed by atoms with Crippen molar-refractivity contribution in [3.8, 4) is 11.4 Å². The van der Waals surface area contributed by atoms with Gasteiger partial charge in [0.1, 0.15) is 5.58 Å². The molecule has 8 nitrogen and oxygen atoms in total. The van der Waals surface area contributed by atoms with E-state index in [0.29, 0.717) is 0 Å². The maximum atomic E-state index is 6.98. The Morgan fingerprint density at radius 1 is 0.483 bits per heavy atom. The number of aromatic nitrogens is 4. The highest BCUT2D eigenvalue weighted by Crippen LogP contribution is 2.54. The van der Waals surface area contributed by atoms with Crippen molar-refractivity contribution in [2.45, 2.75) is 20.1 Å². The van der Waals surface area contributed by atoms with Crippen LogP contribution in [0, 0.1) is 0 Å². The van der Waals surface area contributed by atoms with Crippen LogP contribution in [0.2, 0.25) is 0 Å². The molecule has 4 aromatic heterocycles. The van der Waals surface area contributed by atoms with Gasteiger partial charge in [0.25, 0.3) is 0 Å². The quantitative estimate of drug-likeness (QED) is 0.194. The molecule has 2 aliphatic heterocycles. The zero-order valence-corrected chi connectivity index (χ0v) is 32.9. The van der Waals surface area contributed by atoms with E-state index in [1.165, 1.54) is 27.5 Å². The fraction of sp³-hybridized carbons (Fsp3) is 0.0577. The Morgan fingerprint density at radius 3 is 1.87 bits per heavy atom. The van der Waals surface area contributed by atoms with Gasteiger partial charge in [-0.1, -0.05) is 105 Å². The first-order chi connectivity index (χ1) is 29.8. The number of hydrogen-bond acceptors (Lipinski definition) is 5. The Balaban J connectivity index is 0.00000183. The smallest absolute Gasteiger partial charge is 0.220 e. The van der Waals surface area contributed by atoms with E-state index in [1.807, 2.05) is 13.8 Å². The Kier molecular flexibility index (Phi) is 6.76. The second-order valence-electron chi connectivity index (χ2n) is 15.3. The summed E-state index contributed by atoms with van der Waals surface area (Å²) in [6.07, 6.45) is -0.137. The fourth-order valence-electron chi connectivity index (χ4n) is 10.0. The maximum absolute atomic E-state index is 6.98. The molecule has 1 atom stereocenters. The Labute approximate surface area is 344 Å². The van der Waals surface area contributed by atoms with E-state index < -0.39 is 0 Å². The van der Waals surface area contributed by atoms with Crippen LogP contribution in [-0.2, 0) is 0 Å². The van der Waals surface area contributed by atoms with E-state index in [-0.39, 0.29) is 6.29 Å². The first kappa shape index (κ1) is 33.0. The van der Waals surface area contributed by atoms with Crippen molar-refractivity contribution >= 4 is 100 Å². The van der Waals surface area contributed by atoms with Gasteiger partial charge in [-0.15, -0.1) is 0 Å². The average molecular weight is 776 g/mol. The summed E-state index contributed by atoms with van der Waals surface area (Å²) in [5.41, 5.74) is 15.9. The molecule has 286 valence electrons. The molecule has 8 heteroatoms. The number of nitrogens with zero attached hydrogens (tertiary/aromatic N) is 6. The van der Waals surface area contributed by atoms with Crippen LogP contribution in [0.15, 0.2) is 180 Å². The average Bonchev–Trinajstić information content (AvgIpc) is 4.14. The third kappa shape index (κ3) is 4.26. The minimum atomic E-state index is -0.137. The second kappa shape index (κ2) is 12.3. The standard InChI is InChI=1S/C50H31N7O.C2H6/c1-5-18-36-31(13-1)32-14-2-6-19-37(32)53(36)30-27-28-42-45(29-30)55-39-21-8-4-17-35(39)52-50(55)56(42)43-24-12-26-46-47(43)33-15-11-25-44(48(33)58-46)57-41-23-10-9-22-40(41)54-38-20-7-3-16-34(38)51-49(54)57;1-2/h1-29,49,51H;1-2H3. The number of nitrogens with one attached hydrogen (secondary N) is 1. The van der Waals surface area contributed by atoms with Crippen LogP contribution in [-0.4, -0.2) is 24.8 Å². The van der Waals surface area contributed by atoms with Crippen LogP contribution < -0.4 is 15.1 Å². The van der Waals surface area contributed by atoms with Gasteiger partial charge < -0.3 is 14.3 Å². The number of para-hydroxylation sites is 9. The van der Waals surface area contributed by atoms with E-state index in [9.17, 15) is 0 Å². The summed E-state index contributed by atoms with van der Waals surface area (Å²) in [4.78, 5) is 10.1. The van der Waals surface area contributed by atoms with Crippen molar-refractivity contribution in [3.05, 3.63) is 176 Å². The van der Waals surface area contributed by atoms with Gasteiger partial charge in [0.15, 0.2) is 11.9 Å². The molecule has 0 radical (unpaired) electrons. The summed E-state index contributed by atoms with van der Waals surface area (Å²) in [7, 11) is 0. The van der Waals surface area contributed by atoms with Crippen molar-refractivity contribution in [2.24, 2.45) is 0 Å². The highest BCUT2D eigenvalue weighted by molar-refractivity contribution is 6.15. The monoisotopic (exact) mass is 775 g/mol. The highest BCUT2D eigenvalue weighted by Gasteiger charge is 2.43. The molecule has 0 aliphatic carbocycles. The van der Waals surface area contributed by atoms with Crippen molar-refractivity contribution in [1.29, 1.82) is 0 Å². The predicted molar refractivity (Wildman–Crippen MR) is 247 cm³/mol. The van der Waals surface area contributed by atoms with Crippen molar-refractivity contribution in [2.75, 3.05) is 15.1 Å². The molecule has 6 heterocycles. The summed E-state index contributed by atoms with van der Waals surface area (Å²) in [5, 5.41) is 8.38. The first-order valence-electron chi connectivity index (χ1n) is 20.7. The second-order valence-corrected chi connectivity index (χ2v) is 15.3. The molecule has 60 heavy (non-hydrogen) atoms. The van der Waals surface area contributed by atoms with Gasteiger partial charge in [-0.2, -0.15) is 0 Å². The molecule has 0 amide bonds. The molecule has 14 rings (SSSR count). The van der Waals surface area contributed by atoms with Crippen LogP contribution in [0.25, 0.3) is 83.0 Å². The lowest BCUT2D eigenvalue weighted by Gasteiger charge is -2.27. The first-order valence-corrected chi connectivity index (χ1v) is 20.7. The van der Waals surface area contributed by atoms with Crippen LogP contribution >= 0.6 is 0 Å². The van der Waals surface area contributed by atoms with Crippen molar-refractivity contribution in [1.82, 2.24) is 18.5 Å². The number of benzene rings is 8. The lowest BCUT2D eigenvalue weighted by Crippen LogP contribution is -2.40. The van der Waals surface area contributed by atoms with E-state index in [1.54, 1.807) is 0 Å². The third-order valence-electron chi connectivity index (χ3n) is 12.3. The van der Waals surface area contributed by atoms with Gasteiger partial charge in [-0.25, -0.2) is 4.98 Å². The van der Waals surface area contributed by atoms with Crippen LogP contribution in [0.4, 0.5) is 28.4 Å². The van der Waals surface area contributed by atoms with E-state index >= 15 is 0 Å². The minimum absolute atomic E-state index is 0.137. The molecule has 0 spiro atoms. The van der Waals surface area contributed by atoms with E-state index in [4.69, 9.17) is 9.40 Å². The SMILES string of the molecule is CC.c1ccc2c(c1)NC1N2c2ccccc2N1c1cccc2c1oc1cccc(-n3c4ccc(-n5c6ccccc6c6ccccc65)cc4n4c5ccccc5nc34)c12. The van der Waals surface area contributed by atoms with Gasteiger partial charge in [-0.3, -0.25) is 18.8 Å². The highest BCUT2D eigenvalue weighted by atomic mass is 16.3. The third-order valence-corrected chi connectivity index (χ3v) is 12.3. The molecule has 2 aliphatic rings. The molecule has 8 aromatic carbocycles. The summed E-state index contributed by atoms with van der Waals surface area (Å²) in [6, 6.07) is 62.6. The molecule has 0 saturated carbocycles. The van der Waals surface area contributed by atoms with Crippen LogP contribution in [0.1, 0.15) is 13.8 Å². The van der Waals surface area contributed by atoms with E-state index in [2.05, 4.69) is 205 Å². The summed E-state index contributed by atoms with van der Waals surface area (Å²) < 4.78 is 14.0. The molecule has 0 saturated heterocycles. The summed E-state index contributed by atoms with van der Waals surface area (Å²) in [6.45, 7) is 4.00. The predicted octanol–water partition coefficient (Wildman–Crippen LogP) is 13.5. The molecule has 1 N–H and O–H groups in total. The molecular weight excluding hydrogens is 739 g/mol. The Morgan fingerprint density at radius 2 is 1.08 bits per heavy atom. The van der Waals surface area contributed by atoms with Crippen LogP contribution in [0.3, 0.4) is 0 Å². The molecule has 0 fully saturated rings.